The molecule has 2 rings (SSSR count). The van der Waals surface area contributed by atoms with E-state index in [1.165, 1.54) is 19.3 Å². The Hall–Kier alpha value is -0.570. The Bertz CT molecular complexity index is 205. The molecule has 74 valence electrons. The summed E-state index contributed by atoms with van der Waals surface area (Å²) in [6.07, 6.45) is 5.59. The first-order chi connectivity index (χ1) is 6.27. The van der Waals surface area contributed by atoms with E-state index < -0.39 is 0 Å². The topological polar surface area (TPSA) is 55.1 Å². The van der Waals surface area contributed by atoms with Crippen molar-refractivity contribution >= 4 is 5.91 Å². The van der Waals surface area contributed by atoms with Crippen LogP contribution in [0.4, 0.5) is 0 Å². The molecule has 2 aliphatic rings. The molecule has 3 unspecified atom stereocenters. The average molecular weight is 182 g/mol. The summed E-state index contributed by atoms with van der Waals surface area (Å²) in [6.45, 7) is 1.16. The molecule has 0 aromatic heterocycles. The molecular weight excluding hydrogens is 164 g/mol. The number of primary amides is 1. The molecule has 1 heterocycles. The van der Waals surface area contributed by atoms with Crippen molar-refractivity contribution in [3.63, 3.8) is 0 Å². The van der Waals surface area contributed by atoms with Crippen molar-refractivity contribution < 1.29 is 4.79 Å². The van der Waals surface area contributed by atoms with Crippen LogP contribution in [0.2, 0.25) is 0 Å². The van der Waals surface area contributed by atoms with Crippen molar-refractivity contribution in [2.45, 2.75) is 38.1 Å². The van der Waals surface area contributed by atoms with Gasteiger partial charge in [0.2, 0.25) is 5.91 Å². The Morgan fingerprint density at radius 3 is 3.08 bits per heavy atom. The van der Waals surface area contributed by atoms with Gasteiger partial charge in [-0.15, -0.1) is 0 Å². The molecule has 1 saturated heterocycles. The minimum absolute atomic E-state index is 0.164. The number of amides is 1. The normalized spacial score (nSPS) is 37.7. The Morgan fingerprint density at radius 1 is 1.46 bits per heavy atom. The Morgan fingerprint density at radius 2 is 2.31 bits per heavy atom. The molecule has 3 N–H and O–H groups in total. The molecule has 1 aliphatic carbocycles. The van der Waals surface area contributed by atoms with Crippen LogP contribution in [0.1, 0.15) is 32.1 Å². The van der Waals surface area contributed by atoms with Crippen molar-refractivity contribution in [1.82, 2.24) is 5.32 Å². The molecule has 2 fully saturated rings. The number of carbonyl (C=O) groups excluding carboxylic acids is 1. The van der Waals surface area contributed by atoms with Crippen molar-refractivity contribution in [3.8, 4) is 0 Å². The first-order valence-corrected chi connectivity index (χ1v) is 5.29. The van der Waals surface area contributed by atoms with Crippen LogP contribution < -0.4 is 11.1 Å². The van der Waals surface area contributed by atoms with Crippen LogP contribution in [0, 0.1) is 11.8 Å². The van der Waals surface area contributed by atoms with Gasteiger partial charge in [-0.25, -0.2) is 0 Å². The molecule has 1 saturated carbocycles. The highest BCUT2D eigenvalue weighted by atomic mass is 16.1. The van der Waals surface area contributed by atoms with E-state index in [2.05, 4.69) is 5.32 Å². The third-order valence-corrected chi connectivity index (χ3v) is 3.58. The van der Waals surface area contributed by atoms with Gasteiger partial charge in [0.05, 0.1) is 0 Å². The highest BCUT2D eigenvalue weighted by Crippen LogP contribution is 2.38. The molecule has 13 heavy (non-hydrogen) atoms. The third kappa shape index (κ3) is 1.85. The van der Waals surface area contributed by atoms with Crippen LogP contribution in [0.3, 0.4) is 0 Å². The predicted molar refractivity (Wildman–Crippen MR) is 51.1 cm³/mol. The summed E-state index contributed by atoms with van der Waals surface area (Å²) in [4.78, 5) is 10.6. The predicted octanol–water partition coefficient (Wildman–Crippen LogP) is 0.640. The zero-order valence-corrected chi connectivity index (χ0v) is 7.96. The molecule has 0 aromatic carbocycles. The van der Waals surface area contributed by atoms with Crippen molar-refractivity contribution in [2.75, 3.05) is 6.54 Å². The molecule has 1 amide bonds. The Kier molecular flexibility index (Phi) is 2.54. The van der Waals surface area contributed by atoms with E-state index in [9.17, 15) is 4.79 Å². The van der Waals surface area contributed by atoms with Gasteiger partial charge in [-0.3, -0.25) is 4.79 Å². The van der Waals surface area contributed by atoms with Crippen molar-refractivity contribution in [3.05, 3.63) is 0 Å². The van der Waals surface area contributed by atoms with Crippen molar-refractivity contribution in [2.24, 2.45) is 17.6 Å². The lowest BCUT2D eigenvalue weighted by molar-refractivity contribution is -0.118. The Balaban J connectivity index is 1.83. The van der Waals surface area contributed by atoms with Crippen LogP contribution in [0.15, 0.2) is 0 Å². The van der Waals surface area contributed by atoms with Crippen LogP contribution in [-0.4, -0.2) is 18.5 Å². The van der Waals surface area contributed by atoms with Gasteiger partial charge in [-0.1, -0.05) is 6.42 Å². The lowest BCUT2D eigenvalue weighted by Crippen LogP contribution is -2.28. The fraction of sp³-hybridized carbons (Fsp3) is 0.900. The quantitative estimate of drug-likeness (QED) is 0.673. The SMILES string of the molecule is NC(=O)CCC1NCC2CCCC21. The zero-order valence-electron chi connectivity index (χ0n) is 7.96. The summed E-state index contributed by atoms with van der Waals surface area (Å²) in [5.41, 5.74) is 5.14. The first kappa shape index (κ1) is 9.00. The van der Waals surface area contributed by atoms with E-state index >= 15 is 0 Å². The van der Waals surface area contributed by atoms with Crippen LogP contribution in [0.25, 0.3) is 0 Å². The van der Waals surface area contributed by atoms with Gasteiger partial charge in [0, 0.05) is 12.5 Å². The maximum absolute atomic E-state index is 10.6. The molecule has 0 aromatic rings. The van der Waals surface area contributed by atoms with E-state index in [1.54, 1.807) is 0 Å². The maximum atomic E-state index is 10.6. The van der Waals surface area contributed by atoms with Gasteiger partial charge < -0.3 is 11.1 Å². The monoisotopic (exact) mass is 182 g/mol. The van der Waals surface area contributed by atoms with Gasteiger partial charge in [0.1, 0.15) is 0 Å². The number of nitrogens with one attached hydrogen (secondary N) is 1. The van der Waals surface area contributed by atoms with E-state index in [0.29, 0.717) is 12.5 Å². The summed E-state index contributed by atoms with van der Waals surface area (Å²) in [7, 11) is 0. The average Bonchev–Trinajstić information content (AvgIpc) is 2.60. The van der Waals surface area contributed by atoms with E-state index in [0.717, 1.165) is 24.8 Å². The number of hydrogen-bond acceptors (Lipinski definition) is 2. The third-order valence-electron chi connectivity index (χ3n) is 3.58. The highest BCUT2D eigenvalue weighted by molar-refractivity contribution is 5.73. The number of hydrogen-bond donors (Lipinski definition) is 2. The van der Waals surface area contributed by atoms with Gasteiger partial charge in [-0.2, -0.15) is 0 Å². The summed E-state index contributed by atoms with van der Waals surface area (Å²) in [5.74, 6) is 1.56. The molecule has 3 nitrogen and oxygen atoms in total. The minimum atomic E-state index is -0.164. The molecule has 3 heteroatoms. The summed E-state index contributed by atoms with van der Waals surface area (Å²) < 4.78 is 0. The summed E-state index contributed by atoms with van der Waals surface area (Å²) in [5, 5.41) is 3.51. The lowest BCUT2D eigenvalue weighted by Gasteiger charge is -2.16. The minimum Gasteiger partial charge on any atom is -0.370 e. The summed E-state index contributed by atoms with van der Waals surface area (Å²) in [6, 6.07) is 0.569. The number of carbonyl (C=O) groups is 1. The molecule has 1 aliphatic heterocycles. The van der Waals surface area contributed by atoms with E-state index in [1.807, 2.05) is 0 Å². The largest absolute Gasteiger partial charge is 0.370 e. The van der Waals surface area contributed by atoms with E-state index in [4.69, 9.17) is 5.73 Å². The second kappa shape index (κ2) is 3.66. The second-order valence-electron chi connectivity index (χ2n) is 4.37. The van der Waals surface area contributed by atoms with Crippen LogP contribution >= 0.6 is 0 Å². The molecular formula is C10H18N2O. The molecule has 0 spiro atoms. The van der Waals surface area contributed by atoms with Gasteiger partial charge >= 0.3 is 0 Å². The highest BCUT2D eigenvalue weighted by Gasteiger charge is 2.38. The fourth-order valence-corrected chi connectivity index (χ4v) is 2.92. The molecule has 0 radical (unpaired) electrons. The lowest BCUT2D eigenvalue weighted by atomic mass is 9.91. The fourth-order valence-electron chi connectivity index (χ4n) is 2.92. The standard InChI is InChI=1S/C10H18N2O/c11-10(13)5-4-9-8-3-1-2-7(8)6-12-9/h7-9,12H,1-6H2,(H2,11,13). The van der Waals surface area contributed by atoms with Gasteiger partial charge in [0.15, 0.2) is 0 Å². The van der Waals surface area contributed by atoms with Gasteiger partial charge in [0.25, 0.3) is 0 Å². The zero-order chi connectivity index (χ0) is 9.26. The second-order valence-corrected chi connectivity index (χ2v) is 4.37. The van der Waals surface area contributed by atoms with Crippen LogP contribution in [-0.2, 0) is 4.79 Å². The maximum Gasteiger partial charge on any atom is 0.217 e. The van der Waals surface area contributed by atoms with E-state index in [-0.39, 0.29) is 5.91 Å². The summed E-state index contributed by atoms with van der Waals surface area (Å²) >= 11 is 0. The number of nitrogens with two attached hydrogens (primary N) is 1. The molecule has 3 atom stereocenters. The van der Waals surface area contributed by atoms with Gasteiger partial charge in [-0.05, 0) is 37.6 Å². The smallest absolute Gasteiger partial charge is 0.217 e. The Labute approximate surface area is 79.1 Å². The first-order valence-electron chi connectivity index (χ1n) is 5.29. The number of rotatable bonds is 3. The van der Waals surface area contributed by atoms with Crippen LogP contribution in [0.5, 0.6) is 0 Å². The molecule has 0 bridgehead atoms. The van der Waals surface area contributed by atoms with Crippen molar-refractivity contribution in [1.29, 1.82) is 0 Å². The number of fused-ring (bicyclic) bond motifs is 1.